The van der Waals surface area contributed by atoms with Crippen molar-refractivity contribution in [3.63, 3.8) is 0 Å². The van der Waals surface area contributed by atoms with Gasteiger partial charge in [-0.25, -0.2) is 0 Å². The largest absolute Gasteiger partial charge is 0.465 e. The lowest BCUT2D eigenvalue weighted by molar-refractivity contribution is -0.185. The second-order valence-electron chi connectivity index (χ2n) is 23.9. The molecule has 3 fully saturated rings. The van der Waals surface area contributed by atoms with Gasteiger partial charge in [-0.1, -0.05) is 83.5 Å². The zero-order chi connectivity index (χ0) is 55.5. The number of hydrogen-bond acceptors (Lipinski definition) is 17. The van der Waals surface area contributed by atoms with E-state index >= 15 is 0 Å². The van der Waals surface area contributed by atoms with E-state index in [2.05, 4.69) is 47.6 Å². The van der Waals surface area contributed by atoms with E-state index in [1.165, 1.54) is 5.57 Å². The van der Waals surface area contributed by atoms with Crippen molar-refractivity contribution in [2.24, 2.45) is 44.8 Å². The van der Waals surface area contributed by atoms with Gasteiger partial charge in [-0.05, 0) is 103 Å². The van der Waals surface area contributed by atoms with Crippen molar-refractivity contribution in [2.45, 2.75) is 124 Å². The van der Waals surface area contributed by atoms with Gasteiger partial charge in [0.1, 0.15) is 19.8 Å². The molecule has 0 spiro atoms. The van der Waals surface area contributed by atoms with Gasteiger partial charge >= 0.3 is 17.9 Å². The molecule has 1 heterocycles. The fourth-order valence-corrected chi connectivity index (χ4v) is 14.3. The smallest absolute Gasteiger partial charge is 0.313 e. The summed E-state index contributed by atoms with van der Waals surface area (Å²) in [7, 11) is 0. The minimum absolute atomic E-state index is 0.00923. The summed E-state index contributed by atoms with van der Waals surface area (Å²) in [4.78, 5) is 50.5. The topological polar surface area (TPSA) is 199 Å². The van der Waals surface area contributed by atoms with Crippen molar-refractivity contribution in [1.29, 1.82) is 0 Å². The maximum atomic E-state index is 14.5. The molecule has 0 saturated heterocycles. The van der Waals surface area contributed by atoms with E-state index in [0.717, 1.165) is 74.7 Å². The van der Waals surface area contributed by atoms with Gasteiger partial charge in [0.05, 0.1) is 142 Å². The normalized spacial score (nSPS) is 28.7. The highest BCUT2D eigenvalue weighted by Gasteiger charge is 2.70. The molecule has 0 bridgehead atoms. The molecule has 436 valence electrons. The molecule has 17 heteroatoms. The SMILES string of the molecule is CC1(C)CC[C@]2(C(=O)OCc3ccccc3)CC[C@]3(C)C(=CC[C@@H]4[C@@]5(C)Cc6nccnc6[C@@](C)(COC(=O)CCC(=O)OCCOCCOCCOCCOCCOCCOCCOCCOCCO)[C@@H]5CC[C@]43C)[C@@H]2C1. The average molecular weight is 1090 g/mol. The molecule has 78 heavy (non-hydrogen) atoms. The number of aliphatic hydroxyl groups is 1. The molecule has 1 aromatic carbocycles. The lowest BCUT2D eigenvalue weighted by Crippen LogP contribution is -2.65. The van der Waals surface area contributed by atoms with Crippen LogP contribution in [0.4, 0.5) is 0 Å². The summed E-state index contributed by atoms with van der Waals surface area (Å²) >= 11 is 0. The van der Waals surface area contributed by atoms with Gasteiger partial charge in [0.15, 0.2) is 0 Å². The van der Waals surface area contributed by atoms with Gasteiger partial charge < -0.3 is 57.2 Å². The minimum Gasteiger partial charge on any atom is -0.465 e. The summed E-state index contributed by atoms with van der Waals surface area (Å²) in [5.74, 6) is -0.338. The highest BCUT2D eigenvalue weighted by molar-refractivity contribution is 5.79. The van der Waals surface area contributed by atoms with Crippen LogP contribution in [0.3, 0.4) is 0 Å². The van der Waals surface area contributed by atoms with E-state index in [4.69, 9.17) is 67.2 Å². The number of allylic oxidation sites excluding steroid dienone is 2. The first kappa shape index (κ1) is 61.7. The third-order valence-electron chi connectivity index (χ3n) is 18.6. The summed E-state index contributed by atoms with van der Waals surface area (Å²) < 4.78 is 61.3. The molecule has 1 aromatic heterocycles. The van der Waals surface area contributed by atoms with Gasteiger partial charge in [0.25, 0.3) is 0 Å². The first-order chi connectivity index (χ1) is 37.6. The van der Waals surface area contributed by atoms with Crippen molar-refractivity contribution in [1.82, 2.24) is 9.97 Å². The summed E-state index contributed by atoms with van der Waals surface area (Å²) in [5, 5.41) is 8.65. The molecule has 1 N–H and O–H groups in total. The number of carbonyl (C=O) groups is 3. The number of esters is 3. The second kappa shape index (κ2) is 29.2. The zero-order valence-corrected chi connectivity index (χ0v) is 47.8. The number of aliphatic hydroxyl groups excluding tert-OH is 1. The van der Waals surface area contributed by atoms with Crippen LogP contribution in [0.2, 0.25) is 0 Å². The Hall–Kier alpha value is -3.91. The molecule has 17 nitrogen and oxygen atoms in total. The Morgan fingerprint density at radius 1 is 0.590 bits per heavy atom. The minimum atomic E-state index is -0.593. The standard InChI is InChI=1S/C61H92N2O15/c1-56(2)18-20-61(55(67)77-44-46-10-8-7-9-11-46)21-19-59(5)47(48(61)42-56)12-13-51-57(3)43-49-54(63-23-22-62-49)58(4,50(57)16-17-60(51,59)6)45-78-53(66)15-14-52(65)76-41-40-75-39-38-74-37-36-73-35-34-72-33-32-71-31-30-70-29-28-69-27-26-68-25-24-64/h7-12,22-23,48,50-51,64H,13-21,24-45H2,1-6H3/t48-,50+,51+,57-,58-,59+,60+,61-/m0/s1. The predicted molar refractivity (Wildman–Crippen MR) is 290 cm³/mol. The van der Waals surface area contributed by atoms with Crippen LogP contribution in [-0.4, -0.2) is 159 Å². The van der Waals surface area contributed by atoms with Gasteiger partial charge in [-0.15, -0.1) is 0 Å². The van der Waals surface area contributed by atoms with E-state index in [-0.39, 0.29) is 78.7 Å². The van der Waals surface area contributed by atoms with Crippen LogP contribution in [0.25, 0.3) is 0 Å². The highest BCUT2D eigenvalue weighted by Crippen LogP contribution is 2.75. The number of benzene rings is 1. The van der Waals surface area contributed by atoms with Crippen LogP contribution in [0.5, 0.6) is 0 Å². The Labute approximate surface area is 463 Å². The van der Waals surface area contributed by atoms with Crippen LogP contribution in [0.15, 0.2) is 54.4 Å². The van der Waals surface area contributed by atoms with Crippen LogP contribution < -0.4 is 0 Å². The summed E-state index contributed by atoms with van der Waals surface area (Å²) in [6.45, 7) is 21.7. The molecule has 8 atom stereocenters. The third-order valence-corrected chi connectivity index (χ3v) is 18.6. The van der Waals surface area contributed by atoms with E-state index in [1.807, 2.05) is 30.3 Å². The van der Waals surface area contributed by atoms with E-state index in [9.17, 15) is 14.4 Å². The molecule has 5 aliphatic carbocycles. The summed E-state index contributed by atoms with van der Waals surface area (Å²) in [6, 6.07) is 10.0. The molecule has 0 unspecified atom stereocenters. The van der Waals surface area contributed by atoms with E-state index in [0.29, 0.717) is 112 Å². The molecule has 0 amide bonds. The number of nitrogens with zero attached hydrogens (tertiary/aromatic N) is 2. The third kappa shape index (κ3) is 15.1. The number of carbonyl (C=O) groups excluding carboxylic acids is 3. The lowest BCUT2D eigenvalue weighted by atomic mass is 9.33. The molecule has 5 aliphatic rings. The highest BCUT2D eigenvalue weighted by atomic mass is 16.6. The Bertz CT molecular complexity index is 2230. The maximum absolute atomic E-state index is 14.5. The lowest BCUT2D eigenvalue weighted by Gasteiger charge is -2.70. The van der Waals surface area contributed by atoms with Crippen LogP contribution >= 0.6 is 0 Å². The second-order valence-corrected chi connectivity index (χ2v) is 23.9. The van der Waals surface area contributed by atoms with Crippen molar-refractivity contribution < 1.29 is 71.6 Å². The Kier molecular flexibility index (Phi) is 23.1. The number of fused-ring (bicyclic) bond motifs is 8. The number of ether oxygens (including phenoxy) is 11. The Morgan fingerprint density at radius 3 is 1.69 bits per heavy atom. The molecule has 0 radical (unpaired) electrons. The van der Waals surface area contributed by atoms with Gasteiger partial charge in [0.2, 0.25) is 0 Å². The van der Waals surface area contributed by atoms with E-state index in [1.54, 1.807) is 12.4 Å². The molecule has 2 aromatic rings. The van der Waals surface area contributed by atoms with E-state index < -0.39 is 22.8 Å². The predicted octanol–water partition coefficient (Wildman–Crippen LogP) is 8.01. The summed E-state index contributed by atoms with van der Waals surface area (Å²) in [5.41, 5.74) is 3.05. The van der Waals surface area contributed by atoms with Crippen LogP contribution in [-0.2, 0) is 84.9 Å². The summed E-state index contributed by atoms with van der Waals surface area (Å²) in [6.07, 6.45) is 14.2. The molecule has 3 saturated carbocycles. The van der Waals surface area contributed by atoms with Crippen molar-refractivity contribution in [2.75, 3.05) is 126 Å². The van der Waals surface area contributed by atoms with Crippen molar-refractivity contribution in [3.8, 4) is 0 Å². The van der Waals surface area contributed by atoms with Gasteiger partial charge in [-0.2, -0.15) is 0 Å². The van der Waals surface area contributed by atoms with Gasteiger partial charge in [-0.3, -0.25) is 24.4 Å². The van der Waals surface area contributed by atoms with Crippen molar-refractivity contribution in [3.05, 3.63) is 71.3 Å². The maximum Gasteiger partial charge on any atom is 0.313 e. The molecule has 0 aliphatic heterocycles. The fourth-order valence-electron chi connectivity index (χ4n) is 14.3. The quantitative estimate of drug-likeness (QED) is 0.0306. The van der Waals surface area contributed by atoms with Gasteiger partial charge in [0, 0.05) is 17.8 Å². The Morgan fingerprint density at radius 2 is 1.12 bits per heavy atom. The molecular weight excluding hydrogens is 1000 g/mol. The van der Waals surface area contributed by atoms with Crippen LogP contribution in [0, 0.1) is 44.8 Å². The first-order valence-corrected chi connectivity index (χ1v) is 28.9. The number of rotatable bonds is 34. The number of aromatic nitrogens is 2. The van der Waals surface area contributed by atoms with Crippen molar-refractivity contribution >= 4 is 17.9 Å². The monoisotopic (exact) mass is 1090 g/mol. The fraction of sp³-hybridized carbons (Fsp3) is 0.754. The first-order valence-electron chi connectivity index (χ1n) is 28.9. The number of hydrogen-bond donors (Lipinski definition) is 1. The van der Waals surface area contributed by atoms with Crippen LogP contribution in [0.1, 0.15) is 123 Å². The molecular formula is C61H92N2O15. The average Bonchev–Trinajstić information content (AvgIpc) is 2.58. The Balaban J connectivity index is 0.793. The zero-order valence-electron chi connectivity index (χ0n) is 47.8. The molecule has 7 rings (SSSR count).